The quantitative estimate of drug-likeness (QED) is 0.922. The van der Waals surface area contributed by atoms with Crippen molar-refractivity contribution in [2.75, 3.05) is 0 Å². The van der Waals surface area contributed by atoms with Crippen LogP contribution in [0.5, 0.6) is 0 Å². The molecular weight excluding hydrogens is 288 g/mol. The standard InChI is InChI=1S/C15H14N2O3S/c1-9-12(8-21-16-9)14(18)17-7-11-5-3-2-4-10(11)6-13(17)15(19)20/h2-5,8,13H,6-7H2,1H3,(H,19,20)/t13-/m1/s1. The molecule has 1 aromatic heterocycles. The summed E-state index contributed by atoms with van der Waals surface area (Å²) in [5.74, 6) is -1.23. The lowest BCUT2D eigenvalue weighted by atomic mass is 9.93. The minimum Gasteiger partial charge on any atom is -0.480 e. The molecule has 6 heteroatoms. The Morgan fingerprint density at radius 1 is 1.33 bits per heavy atom. The van der Waals surface area contributed by atoms with Crippen molar-refractivity contribution in [1.82, 2.24) is 9.27 Å². The van der Waals surface area contributed by atoms with Crippen molar-refractivity contribution in [3.63, 3.8) is 0 Å². The molecule has 0 aliphatic carbocycles. The molecule has 1 amide bonds. The Morgan fingerprint density at radius 3 is 2.67 bits per heavy atom. The average Bonchev–Trinajstić information content (AvgIpc) is 2.91. The SMILES string of the molecule is Cc1nscc1C(=O)N1Cc2ccccc2C[C@@H]1C(=O)O. The van der Waals surface area contributed by atoms with Crippen molar-refractivity contribution < 1.29 is 14.7 Å². The number of hydrogen-bond donors (Lipinski definition) is 1. The van der Waals surface area contributed by atoms with Gasteiger partial charge in [0.25, 0.3) is 5.91 Å². The Balaban J connectivity index is 1.98. The molecule has 2 aromatic rings. The lowest BCUT2D eigenvalue weighted by Crippen LogP contribution is -2.48. The summed E-state index contributed by atoms with van der Waals surface area (Å²) in [6.45, 7) is 2.08. The van der Waals surface area contributed by atoms with Crippen LogP contribution in [0.25, 0.3) is 0 Å². The fourth-order valence-electron chi connectivity index (χ4n) is 2.61. The first kappa shape index (κ1) is 13.8. The second-order valence-electron chi connectivity index (χ2n) is 5.07. The van der Waals surface area contributed by atoms with Crippen LogP contribution in [0.15, 0.2) is 29.6 Å². The summed E-state index contributed by atoms with van der Waals surface area (Å²) < 4.78 is 4.09. The third kappa shape index (κ3) is 2.42. The average molecular weight is 302 g/mol. The number of aromatic nitrogens is 1. The summed E-state index contributed by atoms with van der Waals surface area (Å²) in [4.78, 5) is 25.6. The Hall–Kier alpha value is -2.21. The van der Waals surface area contributed by atoms with Gasteiger partial charge in [0.05, 0.1) is 11.3 Å². The van der Waals surface area contributed by atoms with Crippen LogP contribution >= 0.6 is 11.5 Å². The number of carboxylic acid groups (broad SMARTS) is 1. The van der Waals surface area contributed by atoms with E-state index >= 15 is 0 Å². The second kappa shape index (κ2) is 5.29. The maximum Gasteiger partial charge on any atom is 0.326 e. The molecule has 2 heterocycles. The predicted octanol–water partition coefficient (Wildman–Crippen LogP) is 2.10. The molecule has 0 unspecified atom stereocenters. The number of aliphatic carboxylic acids is 1. The molecule has 108 valence electrons. The van der Waals surface area contributed by atoms with E-state index in [0.717, 1.165) is 11.1 Å². The first-order valence-electron chi connectivity index (χ1n) is 6.59. The fourth-order valence-corrected chi connectivity index (χ4v) is 3.30. The number of fused-ring (bicyclic) bond motifs is 1. The fraction of sp³-hybridized carbons (Fsp3) is 0.267. The van der Waals surface area contributed by atoms with Crippen molar-refractivity contribution in [3.8, 4) is 0 Å². The highest BCUT2D eigenvalue weighted by molar-refractivity contribution is 7.03. The number of hydrogen-bond acceptors (Lipinski definition) is 4. The number of carboxylic acids is 1. The van der Waals surface area contributed by atoms with Gasteiger partial charge in [0.15, 0.2) is 0 Å². The van der Waals surface area contributed by atoms with Crippen LogP contribution in [0, 0.1) is 6.92 Å². The van der Waals surface area contributed by atoms with Gasteiger partial charge in [0.1, 0.15) is 6.04 Å². The highest BCUT2D eigenvalue weighted by atomic mass is 32.1. The lowest BCUT2D eigenvalue weighted by molar-refractivity contribution is -0.142. The molecule has 1 aromatic carbocycles. The molecule has 0 spiro atoms. The topological polar surface area (TPSA) is 70.5 Å². The van der Waals surface area contributed by atoms with Crippen molar-refractivity contribution in [2.45, 2.75) is 25.9 Å². The highest BCUT2D eigenvalue weighted by Gasteiger charge is 2.35. The van der Waals surface area contributed by atoms with E-state index in [4.69, 9.17) is 0 Å². The Bertz CT molecular complexity index is 710. The van der Waals surface area contributed by atoms with Crippen molar-refractivity contribution in [3.05, 3.63) is 52.0 Å². The van der Waals surface area contributed by atoms with E-state index in [1.807, 2.05) is 24.3 Å². The second-order valence-corrected chi connectivity index (χ2v) is 5.70. The molecule has 0 fully saturated rings. The Labute approximate surface area is 126 Å². The van der Waals surface area contributed by atoms with Crippen LogP contribution in [0.4, 0.5) is 0 Å². The molecule has 0 bridgehead atoms. The number of rotatable bonds is 2. The van der Waals surface area contributed by atoms with E-state index in [9.17, 15) is 14.7 Å². The monoisotopic (exact) mass is 302 g/mol. The number of nitrogens with zero attached hydrogens (tertiary/aromatic N) is 2. The Morgan fingerprint density at radius 2 is 2.05 bits per heavy atom. The number of carbonyl (C=O) groups is 2. The molecule has 0 saturated heterocycles. The van der Waals surface area contributed by atoms with E-state index in [-0.39, 0.29) is 5.91 Å². The minimum atomic E-state index is -0.973. The van der Waals surface area contributed by atoms with Gasteiger partial charge < -0.3 is 10.0 Å². The molecule has 5 nitrogen and oxygen atoms in total. The van der Waals surface area contributed by atoms with Gasteiger partial charge in [-0.2, -0.15) is 4.37 Å². The van der Waals surface area contributed by atoms with Gasteiger partial charge in [0, 0.05) is 18.3 Å². The summed E-state index contributed by atoms with van der Waals surface area (Å²) in [5, 5.41) is 11.1. The van der Waals surface area contributed by atoms with Crippen LogP contribution in [0.2, 0.25) is 0 Å². The van der Waals surface area contributed by atoms with Gasteiger partial charge in [-0.25, -0.2) is 4.79 Å². The number of aryl methyl sites for hydroxylation is 1. The molecule has 1 aliphatic rings. The van der Waals surface area contributed by atoms with E-state index in [0.29, 0.717) is 24.2 Å². The largest absolute Gasteiger partial charge is 0.480 e. The normalized spacial score (nSPS) is 17.4. The highest BCUT2D eigenvalue weighted by Crippen LogP contribution is 2.26. The third-order valence-corrected chi connectivity index (χ3v) is 4.50. The zero-order valence-corrected chi connectivity index (χ0v) is 12.3. The minimum absolute atomic E-state index is 0.261. The van der Waals surface area contributed by atoms with Crippen LogP contribution in [0.1, 0.15) is 27.2 Å². The first-order chi connectivity index (χ1) is 10.1. The van der Waals surface area contributed by atoms with Crippen LogP contribution in [-0.2, 0) is 17.8 Å². The molecule has 1 atom stereocenters. The summed E-state index contributed by atoms with van der Waals surface area (Å²) in [5.41, 5.74) is 3.14. The van der Waals surface area contributed by atoms with Gasteiger partial charge >= 0.3 is 5.97 Å². The summed E-state index contributed by atoms with van der Waals surface area (Å²) >= 11 is 1.21. The summed E-state index contributed by atoms with van der Waals surface area (Å²) in [6, 6.07) is 6.82. The predicted molar refractivity (Wildman–Crippen MR) is 78.3 cm³/mol. The maximum absolute atomic E-state index is 12.6. The summed E-state index contributed by atoms with van der Waals surface area (Å²) in [6.07, 6.45) is 0.341. The van der Waals surface area contributed by atoms with Gasteiger partial charge in [-0.3, -0.25) is 4.79 Å². The molecule has 0 radical (unpaired) electrons. The number of carbonyl (C=O) groups excluding carboxylic acids is 1. The molecule has 0 saturated carbocycles. The van der Waals surface area contributed by atoms with E-state index in [2.05, 4.69) is 4.37 Å². The zero-order valence-electron chi connectivity index (χ0n) is 11.4. The van der Waals surface area contributed by atoms with Crippen LogP contribution in [-0.4, -0.2) is 32.3 Å². The lowest BCUT2D eigenvalue weighted by Gasteiger charge is -2.34. The number of amides is 1. The van der Waals surface area contributed by atoms with E-state index in [1.54, 1.807) is 12.3 Å². The van der Waals surface area contributed by atoms with Gasteiger partial charge in [-0.15, -0.1) is 0 Å². The third-order valence-electron chi connectivity index (χ3n) is 3.77. The summed E-state index contributed by atoms with van der Waals surface area (Å²) in [7, 11) is 0. The maximum atomic E-state index is 12.6. The Kier molecular flexibility index (Phi) is 3.47. The van der Waals surface area contributed by atoms with Gasteiger partial charge in [0.2, 0.25) is 0 Å². The van der Waals surface area contributed by atoms with Crippen molar-refractivity contribution >= 4 is 23.4 Å². The van der Waals surface area contributed by atoms with E-state index < -0.39 is 12.0 Å². The van der Waals surface area contributed by atoms with Crippen LogP contribution < -0.4 is 0 Å². The van der Waals surface area contributed by atoms with Crippen LogP contribution in [0.3, 0.4) is 0 Å². The van der Waals surface area contributed by atoms with Crippen molar-refractivity contribution in [1.29, 1.82) is 0 Å². The number of benzene rings is 1. The van der Waals surface area contributed by atoms with Gasteiger partial charge in [-0.1, -0.05) is 24.3 Å². The van der Waals surface area contributed by atoms with E-state index in [1.165, 1.54) is 16.4 Å². The molecule has 1 N–H and O–H groups in total. The molecule has 3 rings (SSSR count). The first-order valence-corrected chi connectivity index (χ1v) is 7.43. The van der Waals surface area contributed by atoms with Gasteiger partial charge in [-0.05, 0) is 29.6 Å². The molecular formula is C15H14N2O3S. The molecule has 1 aliphatic heterocycles. The zero-order chi connectivity index (χ0) is 15.0. The smallest absolute Gasteiger partial charge is 0.326 e. The van der Waals surface area contributed by atoms with Crippen molar-refractivity contribution in [2.24, 2.45) is 0 Å². The molecule has 21 heavy (non-hydrogen) atoms.